The van der Waals surface area contributed by atoms with Gasteiger partial charge in [-0.25, -0.2) is 0 Å². The number of halogens is 1. The van der Waals surface area contributed by atoms with Gasteiger partial charge in [-0.15, -0.1) is 0 Å². The number of benzene rings is 1. The van der Waals surface area contributed by atoms with E-state index in [4.69, 9.17) is 16.3 Å². The van der Waals surface area contributed by atoms with Crippen molar-refractivity contribution in [1.82, 2.24) is 5.32 Å². The quantitative estimate of drug-likeness (QED) is 0.808. The largest absolute Gasteiger partial charge is 0.391 e. The highest BCUT2D eigenvalue weighted by atomic mass is 35.5. The summed E-state index contributed by atoms with van der Waals surface area (Å²) in [6, 6.07) is 7.45. The zero-order valence-electron chi connectivity index (χ0n) is 11.6. The minimum absolute atomic E-state index is 0.0319. The van der Waals surface area contributed by atoms with E-state index in [1.54, 1.807) is 7.11 Å². The lowest BCUT2D eigenvalue weighted by Gasteiger charge is -2.17. The van der Waals surface area contributed by atoms with Gasteiger partial charge in [0.25, 0.3) is 0 Å². The minimum Gasteiger partial charge on any atom is -0.391 e. The van der Waals surface area contributed by atoms with Gasteiger partial charge in [0.15, 0.2) is 0 Å². The Bertz CT molecular complexity index is 457. The van der Waals surface area contributed by atoms with Crippen molar-refractivity contribution in [2.75, 3.05) is 20.3 Å². The molecule has 1 saturated carbocycles. The topological polar surface area (TPSA) is 58.6 Å². The SMILES string of the molecule is COCC(O)CCNC(=O)C1(c2ccc(Cl)cc2)CC1. The molecule has 0 bridgehead atoms. The second-order valence-corrected chi connectivity index (χ2v) is 5.68. The maximum Gasteiger partial charge on any atom is 0.230 e. The Morgan fingerprint density at radius 2 is 2.10 bits per heavy atom. The normalized spacial score (nSPS) is 17.6. The third-order valence-corrected chi connectivity index (χ3v) is 3.96. The first-order chi connectivity index (χ1) is 9.58. The zero-order chi connectivity index (χ0) is 14.6. The van der Waals surface area contributed by atoms with E-state index in [0.717, 1.165) is 18.4 Å². The van der Waals surface area contributed by atoms with E-state index in [1.807, 2.05) is 24.3 Å². The second-order valence-electron chi connectivity index (χ2n) is 5.24. The first-order valence-electron chi connectivity index (χ1n) is 6.80. The number of aliphatic hydroxyl groups is 1. The first-order valence-corrected chi connectivity index (χ1v) is 7.17. The Labute approximate surface area is 124 Å². The number of methoxy groups -OCH3 is 1. The van der Waals surface area contributed by atoms with Crippen molar-refractivity contribution in [2.45, 2.75) is 30.8 Å². The molecule has 1 amide bonds. The number of hydrogen-bond donors (Lipinski definition) is 2. The summed E-state index contributed by atoms with van der Waals surface area (Å²) in [4.78, 5) is 12.3. The number of carbonyl (C=O) groups is 1. The van der Waals surface area contributed by atoms with Gasteiger partial charge < -0.3 is 15.2 Å². The van der Waals surface area contributed by atoms with Gasteiger partial charge >= 0.3 is 0 Å². The molecule has 0 radical (unpaired) electrons. The Hall–Kier alpha value is -1.10. The Morgan fingerprint density at radius 1 is 1.45 bits per heavy atom. The van der Waals surface area contributed by atoms with Gasteiger partial charge in [0.2, 0.25) is 5.91 Å². The molecule has 1 atom stereocenters. The van der Waals surface area contributed by atoms with E-state index in [-0.39, 0.29) is 12.5 Å². The lowest BCUT2D eigenvalue weighted by Crippen LogP contribution is -2.36. The summed E-state index contributed by atoms with van der Waals surface area (Å²) in [5, 5.41) is 13.1. The van der Waals surface area contributed by atoms with Gasteiger partial charge in [-0.05, 0) is 37.0 Å². The zero-order valence-corrected chi connectivity index (χ0v) is 12.3. The monoisotopic (exact) mass is 297 g/mol. The Balaban J connectivity index is 1.87. The van der Waals surface area contributed by atoms with Crippen LogP contribution in [0.5, 0.6) is 0 Å². The number of amides is 1. The average Bonchev–Trinajstić information content (AvgIpc) is 3.21. The first kappa shape index (κ1) is 15.3. The highest BCUT2D eigenvalue weighted by Crippen LogP contribution is 2.48. The van der Waals surface area contributed by atoms with Gasteiger partial charge in [0.1, 0.15) is 0 Å². The molecule has 0 aromatic heterocycles. The smallest absolute Gasteiger partial charge is 0.230 e. The molecule has 0 saturated heterocycles. The van der Waals surface area contributed by atoms with Crippen LogP contribution in [-0.4, -0.2) is 37.4 Å². The van der Waals surface area contributed by atoms with Crippen LogP contribution in [0.4, 0.5) is 0 Å². The van der Waals surface area contributed by atoms with E-state index < -0.39 is 11.5 Å². The molecule has 0 spiro atoms. The van der Waals surface area contributed by atoms with Crippen molar-refractivity contribution in [3.63, 3.8) is 0 Å². The summed E-state index contributed by atoms with van der Waals surface area (Å²) in [5.41, 5.74) is 0.619. The minimum atomic E-state index is -0.536. The predicted octanol–water partition coefficient (Wildman–Crippen LogP) is 1.89. The molecule has 5 heteroatoms. The highest BCUT2D eigenvalue weighted by molar-refractivity contribution is 6.30. The predicted molar refractivity (Wildman–Crippen MR) is 77.9 cm³/mol. The maximum absolute atomic E-state index is 12.3. The van der Waals surface area contributed by atoms with E-state index in [1.165, 1.54) is 0 Å². The number of aliphatic hydroxyl groups excluding tert-OH is 1. The summed E-state index contributed by atoms with van der Waals surface area (Å²) in [6.45, 7) is 0.747. The molecule has 1 aromatic rings. The second kappa shape index (κ2) is 6.57. The molecule has 0 heterocycles. The van der Waals surface area contributed by atoms with Gasteiger partial charge in [-0.2, -0.15) is 0 Å². The van der Waals surface area contributed by atoms with E-state index >= 15 is 0 Å². The number of ether oxygens (including phenoxy) is 1. The molecule has 2 N–H and O–H groups in total. The summed E-state index contributed by atoms with van der Waals surface area (Å²) < 4.78 is 4.85. The average molecular weight is 298 g/mol. The van der Waals surface area contributed by atoms with E-state index in [2.05, 4.69) is 5.32 Å². The van der Waals surface area contributed by atoms with Gasteiger partial charge in [0, 0.05) is 18.7 Å². The molecule has 4 nitrogen and oxygen atoms in total. The van der Waals surface area contributed by atoms with Crippen molar-refractivity contribution in [2.24, 2.45) is 0 Å². The van der Waals surface area contributed by atoms with Crippen LogP contribution in [0.3, 0.4) is 0 Å². The van der Waals surface area contributed by atoms with Gasteiger partial charge in [-0.1, -0.05) is 23.7 Å². The molecular weight excluding hydrogens is 278 g/mol. The molecule has 110 valence electrons. The number of hydrogen-bond acceptors (Lipinski definition) is 3. The number of nitrogens with one attached hydrogen (secondary N) is 1. The third kappa shape index (κ3) is 3.51. The summed E-state index contributed by atoms with van der Waals surface area (Å²) >= 11 is 5.87. The van der Waals surface area contributed by atoms with Crippen LogP contribution in [-0.2, 0) is 14.9 Å². The number of rotatable bonds is 7. The van der Waals surface area contributed by atoms with Crippen LogP contribution < -0.4 is 5.32 Å². The molecule has 1 aromatic carbocycles. The van der Waals surface area contributed by atoms with Crippen molar-refractivity contribution in [3.05, 3.63) is 34.9 Å². The fourth-order valence-corrected chi connectivity index (χ4v) is 2.46. The van der Waals surface area contributed by atoms with Crippen molar-refractivity contribution < 1.29 is 14.6 Å². The molecule has 20 heavy (non-hydrogen) atoms. The van der Waals surface area contributed by atoms with E-state index in [0.29, 0.717) is 18.0 Å². The van der Waals surface area contributed by atoms with Gasteiger partial charge in [0.05, 0.1) is 18.1 Å². The van der Waals surface area contributed by atoms with E-state index in [9.17, 15) is 9.90 Å². The lowest BCUT2D eigenvalue weighted by atomic mass is 9.95. The molecule has 1 unspecified atom stereocenters. The standard InChI is InChI=1S/C15H20ClNO3/c1-20-10-13(18)6-9-17-14(19)15(7-8-15)11-2-4-12(16)5-3-11/h2-5,13,18H,6-10H2,1H3,(H,17,19). The molecule has 1 fully saturated rings. The lowest BCUT2D eigenvalue weighted by molar-refractivity contribution is -0.123. The summed E-state index contributed by atoms with van der Waals surface area (Å²) in [7, 11) is 1.54. The van der Waals surface area contributed by atoms with Crippen LogP contribution in [0.25, 0.3) is 0 Å². The van der Waals surface area contributed by atoms with Crippen LogP contribution in [0, 0.1) is 0 Å². The Kier molecular flexibility index (Phi) is 5.02. The fraction of sp³-hybridized carbons (Fsp3) is 0.533. The Morgan fingerprint density at radius 3 is 2.65 bits per heavy atom. The summed E-state index contributed by atoms with van der Waals surface area (Å²) in [6.07, 6.45) is 1.68. The molecular formula is C15H20ClNO3. The molecule has 0 aliphatic heterocycles. The highest BCUT2D eigenvalue weighted by Gasteiger charge is 2.50. The summed E-state index contributed by atoms with van der Waals surface area (Å²) in [5.74, 6) is 0.0319. The van der Waals surface area contributed by atoms with Crippen LogP contribution >= 0.6 is 11.6 Å². The maximum atomic E-state index is 12.3. The van der Waals surface area contributed by atoms with Crippen molar-refractivity contribution in [1.29, 1.82) is 0 Å². The fourth-order valence-electron chi connectivity index (χ4n) is 2.34. The van der Waals surface area contributed by atoms with Crippen molar-refractivity contribution >= 4 is 17.5 Å². The molecule has 2 rings (SSSR count). The molecule has 1 aliphatic rings. The van der Waals surface area contributed by atoms with Gasteiger partial charge in [-0.3, -0.25) is 4.79 Å². The van der Waals surface area contributed by atoms with Crippen LogP contribution in [0.2, 0.25) is 5.02 Å². The van der Waals surface area contributed by atoms with Crippen LogP contribution in [0.1, 0.15) is 24.8 Å². The van der Waals surface area contributed by atoms with Crippen LogP contribution in [0.15, 0.2) is 24.3 Å². The van der Waals surface area contributed by atoms with Crippen molar-refractivity contribution in [3.8, 4) is 0 Å². The third-order valence-electron chi connectivity index (χ3n) is 3.70. The molecule has 1 aliphatic carbocycles. The number of carbonyl (C=O) groups excluding carboxylic acids is 1.